The van der Waals surface area contributed by atoms with Gasteiger partial charge in [0.1, 0.15) is 19.3 Å². The molecule has 12 nitrogen and oxygen atoms in total. The third-order valence-electron chi connectivity index (χ3n) is 0.907. The summed E-state index contributed by atoms with van der Waals surface area (Å²) in [5.41, 5.74) is 0. The second-order valence-corrected chi connectivity index (χ2v) is 2.89. The van der Waals surface area contributed by atoms with E-state index in [9.17, 15) is 28.8 Å². The van der Waals surface area contributed by atoms with Gasteiger partial charge in [-0.3, -0.25) is 28.8 Å². The standard InChI is InChI=1S/3C3H4O4.3Na.3H/c3*4-2(5)1-3(6)7;;;;;;/h3*1H2,(H,4,5)(H,6,7);;;;;;. The third kappa shape index (κ3) is 67.7. The van der Waals surface area contributed by atoms with Crippen LogP contribution in [0.2, 0.25) is 0 Å². The molecule has 0 aliphatic carbocycles. The van der Waals surface area contributed by atoms with Crippen molar-refractivity contribution in [2.75, 3.05) is 0 Å². The Morgan fingerprint density at radius 3 is 0.458 bits per heavy atom. The number of carboxylic acids is 6. The summed E-state index contributed by atoms with van der Waals surface area (Å²) in [6.07, 6.45) is -2.42. The van der Waals surface area contributed by atoms with Crippen LogP contribution in [0.3, 0.4) is 0 Å². The molecule has 0 aliphatic rings. The molecule has 6 N–H and O–H groups in total. The van der Waals surface area contributed by atoms with Gasteiger partial charge in [-0.2, -0.15) is 0 Å². The molecule has 0 bridgehead atoms. The molecular weight excluding hydrogens is 369 g/mol. The van der Waals surface area contributed by atoms with Crippen LogP contribution in [0, 0.1) is 0 Å². The summed E-state index contributed by atoms with van der Waals surface area (Å²) in [4.78, 5) is 56.6. The Hall–Kier alpha value is -0.180. The van der Waals surface area contributed by atoms with Crippen molar-refractivity contribution in [2.24, 2.45) is 0 Å². The van der Waals surface area contributed by atoms with Crippen LogP contribution in [-0.2, 0) is 28.8 Å². The fourth-order valence-corrected chi connectivity index (χ4v) is 0.388. The molecular formula is C9H15Na3O12. The van der Waals surface area contributed by atoms with E-state index < -0.39 is 55.1 Å². The number of hydrogen-bond donors (Lipinski definition) is 6. The minimum atomic E-state index is -1.31. The summed E-state index contributed by atoms with van der Waals surface area (Å²) in [5, 5.41) is 46.2. The summed E-state index contributed by atoms with van der Waals surface area (Å²) >= 11 is 0. The van der Waals surface area contributed by atoms with Crippen LogP contribution < -0.4 is 0 Å². The van der Waals surface area contributed by atoms with Gasteiger partial charge in [0.15, 0.2) is 0 Å². The molecule has 126 valence electrons. The van der Waals surface area contributed by atoms with Crippen molar-refractivity contribution >= 4 is 124 Å². The number of carboxylic acid groups (broad SMARTS) is 6. The summed E-state index contributed by atoms with van der Waals surface area (Å²) in [6, 6.07) is 0. The van der Waals surface area contributed by atoms with Gasteiger partial charge in [-0.05, 0) is 0 Å². The van der Waals surface area contributed by atoms with Crippen molar-refractivity contribution in [3.05, 3.63) is 0 Å². The minimum absolute atomic E-state index is 0. The maximum absolute atomic E-state index is 9.43. The van der Waals surface area contributed by atoms with Crippen molar-refractivity contribution in [2.45, 2.75) is 19.3 Å². The first-order chi connectivity index (χ1) is 9.38. The number of rotatable bonds is 6. The first-order valence-electron chi connectivity index (χ1n) is 4.69. The first-order valence-corrected chi connectivity index (χ1v) is 4.69. The van der Waals surface area contributed by atoms with Crippen LogP contribution >= 0.6 is 0 Å². The first kappa shape index (κ1) is 39.1. The van der Waals surface area contributed by atoms with Crippen molar-refractivity contribution in [1.29, 1.82) is 0 Å². The molecule has 0 aliphatic heterocycles. The molecule has 0 amide bonds. The quantitative estimate of drug-likeness (QED) is 0.195. The Morgan fingerprint density at radius 2 is 0.458 bits per heavy atom. The van der Waals surface area contributed by atoms with Crippen molar-refractivity contribution in [1.82, 2.24) is 0 Å². The van der Waals surface area contributed by atoms with Crippen LogP contribution in [0.5, 0.6) is 0 Å². The van der Waals surface area contributed by atoms with Crippen molar-refractivity contribution < 1.29 is 59.4 Å². The molecule has 0 aromatic rings. The zero-order valence-electron chi connectivity index (χ0n) is 10.3. The summed E-state index contributed by atoms with van der Waals surface area (Å²) in [5.74, 6) is -7.88. The van der Waals surface area contributed by atoms with Crippen LogP contribution in [0.1, 0.15) is 19.3 Å². The van der Waals surface area contributed by atoms with E-state index in [1.165, 1.54) is 0 Å². The molecule has 0 aromatic carbocycles. The van der Waals surface area contributed by atoms with Gasteiger partial charge in [0.25, 0.3) is 0 Å². The fourth-order valence-electron chi connectivity index (χ4n) is 0.388. The van der Waals surface area contributed by atoms with Crippen molar-refractivity contribution in [3.63, 3.8) is 0 Å². The molecule has 0 saturated carbocycles. The van der Waals surface area contributed by atoms with Gasteiger partial charge < -0.3 is 30.6 Å². The van der Waals surface area contributed by atoms with Crippen LogP contribution in [0.15, 0.2) is 0 Å². The third-order valence-corrected chi connectivity index (χ3v) is 0.907. The van der Waals surface area contributed by atoms with Crippen molar-refractivity contribution in [3.8, 4) is 0 Å². The molecule has 0 fully saturated rings. The van der Waals surface area contributed by atoms with Gasteiger partial charge in [-0.1, -0.05) is 0 Å². The number of hydrogen-bond acceptors (Lipinski definition) is 6. The van der Waals surface area contributed by atoms with Gasteiger partial charge in [-0.15, -0.1) is 0 Å². The Bertz CT molecular complexity index is 324. The predicted molar refractivity (Wildman–Crippen MR) is 81.1 cm³/mol. The molecule has 24 heavy (non-hydrogen) atoms. The summed E-state index contributed by atoms with van der Waals surface area (Å²) in [6.45, 7) is 0. The monoisotopic (exact) mass is 384 g/mol. The Kier molecular flexibility index (Phi) is 40.8. The molecule has 0 saturated heterocycles. The average Bonchev–Trinajstić information content (AvgIpc) is 2.10. The van der Waals surface area contributed by atoms with E-state index in [0.717, 1.165) is 0 Å². The Labute approximate surface area is 201 Å². The van der Waals surface area contributed by atoms with Crippen LogP contribution in [0.25, 0.3) is 0 Å². The average molecular weight is 384 g/mol. The molecule has 0 unspecified atom stereocenters. The normalized spacial score (nSPS) is 7.00. The zero-order valence-corrected chi connectivity index (χ0v) is 10.3. The topological polar surface area (TPSA) is 224 Å². The molecule has 0 atom stereocenters. The second-order valence-electron chi connectivity index (χ2n) is 2.89. The van der Waals surface area contributed by atoms with Gasteiger partial charge in [0.05, 0.1) is 0 Å². The molecule has 0 rings (SSSR count). The molecule has 0 aromatic heterocycles. The van der Waals surface area contributed by atoms with E-state index >= 15 is 0 Å². The maximum atomic E-state index is 9.43. The van der Waals surface area contributed by atoms with Crippen LogP contribution in [-0.4, -0.2) is 155 Å². The molecule has 15 heteroatoms. The van der Waals surface area contributed by atoms with Gasteiger partial charge in [-0.25, -0.2) is 0 Å². The van der Waals surface area contributed by atoms with E-state index in [1.807, 2.05) is 0 Å². The number of aliphatic carboxylic acids is 6. The van der Waals surface area contributed by atoms with Gasteiger partial charge >= 0.3 is 124 Å². The van der Waals surface area contributed by atoms with Gasteiger partial charge in [0.2, 0.25) is 0 Å². The number of carbonyl (C=O) groups is 6. The van der Waals surface area contributed by atoms with E-state index in [0.29, 0.717) is 0 Å². The van der Waals surface area contributed by atoms with E-state index in [-0.39, 0.29) is 88.7 Å². The zero-order chi connectivity index (χ0) is 17.6. The molecule has 0 radical (unpaired) electrons. The summed E-state index contributed by atoms with van der Waals surface area (Å²) in [7, 11) is 0. The molecule has 0 heterocycles. The van der Waals surface area contributed by atoms with Crippen LogP contribution in [0.4, 0.5) is 0 Å². The SMILES string of the molecule is O=C(O)CC(=O)O.O=C(O)CC(=O)O.O=C(O)CC(=O)O.[NaH].[NaH].[NaH]. The van der Waals surface area contributed by atoms with E-state index in [2.05, 4.69) is 0 Å². The summed E-state index contributed by atoms with van der Waals surface area (Å²) < 4.78 is 0. The second kappa shape index (κ2) is 25.1. The Balaban J connectivity index is -0.0000000476. The molecule has 0 spiro atoms. The van der Waals surface area contributed by atoms with E-state index in [4.69, 9.17) is 30.6 Å². The fraction of sp³-hybridized carbons (Fsp3) is 0.333. The van der Waals surface area contributed by atoms with E-state index in [1.54, 1.807) is 0 Å². The predicted octanol–water partition coefficient (Wildman–Crippen LogP) is -3.31. The Morgan fingerprint density at radius 1 is 0.375 bits per heavy atom. The van der Waals surface area contributed by atoms with Gasteiger partial charge in [0, 0.05) is 0 Å².